The van der Waals surface area contributed by atoms with Crippen LogP contribution in [-0.4, -0.2) is 33.2 Å². The van der Waals surface area contributed by atoms with E-state index in [2.05, 4.69) is 13.2 Å². The van der Waals surface area contributed by atoms with E-state index in [1.165, 1.54) is 30.3 Å². The Morgan fingerprint density at radius 3 is 1.47 bits per heavy atom. The van der Waals surface area contributed by atoms with E-state index in [0.717, 1.165) is 0 Å². The summed E-state index contributed by atoms with van der Waals surface area (Å²) in [6.07, 6.45) is 1.20. The molecule has 0 bridgehead atoms. The van der Waals surface area contributed by atoms with Crippen molar-refractivity contribution in [1.29, 1.82) is 0 Å². The summed E-state index contributed by atoms with van der Waals surface area (Å²) in [5.41, 5.74) is -0.352. The number of hydrogen-bond donors (Lipinski definition) is 3. The lowest BCUT2D eigenvalue weighted by Crippen LogP contribution is -2.06. The lowest BCUT2D eigenvalue weighted by Gasteiger charge is -1.98. The van der Waals surface area contributed by atoms with Gasteiger partial charge in [0, 0.05) is 0 Å². The van der Waals surface area contributed by atoms with Gasteiger partial charge >= 0.3 is 17.9 Å². The van der Waals surface area contributed by atoms with E-state index >= 15 is 0 Å². The fourth-order valence-corrected chi connectivity index (χ4v) is 0.943. The Morgan fingerprint density at radius 2 is 1.32 bits per heavy atom. The summed E-state index contributed by atoms with van der Waals surface area (Å²) in [4.78, 5) is 30.7. The maximum Gasteiger partial charge on any atom is 0.336 e. The van der Waals surface area contributed by atoms with Crippen LogP contribution in [0.1, 0.15) is 20.7 Å². The van der Waals surface area contributed by atoms with E-state index in [1.807, 2.05) is 0 Å². The number of rotatable bonds is 4. The quantitative estimate of drug-likeness (QED) is 0.565. The van der Waals surface area contributed by atoms with Crippen molar-refractivity contribution in [2.24, 2.45) is 0 Å². The van der Waals surface area contributed by atoms with Crippen LogP contribution in [0.25, 0.3) is 0 Å². The van der Waals surface area contributed by atoms with Crippen molar-refractivity contribution in [3.05, 3.63) is 60.2 Å². The maximum atomic E-state index is 10.5. The first-order valence-electron chi connectivity index (χ1n) is 4.91. The number of carboxylic acid groups (broad SMARTS) is 3. The standard InChI is InChI=1S/C8H6O4.C5H6O2/c9-7(10)5-3-1-2-4-6(5)8(11)12;1-3-4(2)5(6)7/h1-4H,(H,9,10)(H,11,12);3H,1-2H2,(H,6,7). The van der Waals surface area contributed by atoms with Gasteiger partial charge in [-0.3, -0.25) is 0 Å². The van der Waals surface area contributed by atoms with Crippen LogP contribution in [0.2, 0.25) is 0 Å². The third-order valence-corrected chi connectivity index (χ3v) is 1.91. The van der Waals surface area contributed by atoms with E-state index < -0.39 is 17.9 Å². The first-order chi connectivity index (χ1) is 8.81. The molecule has 6 heteroatoms. The minimum atomic E-state index is -1.23. The molecule has 0 saturated heterocycles. The Morgan fingerprint density at radius 1 is 0.947 bits per heavy atom. The van der Waals surface area contributed by atoms with Crippen LogP contribution >= 0.6 is 0 Å². The molecule has 0 aliphatic carbocycles. The molecule has 0 aliphatic heterocycles. The zero-order chi connectivity index (χ0) is 15.0. The van der Waals surface area contributed by atoms with Gasteiger partial charge in [0.2, 0.25) is 0 Å². The number of aliphatic carboxylic acids is 1. The zero-order valence-electron chi connectivity index (χ0n) is 9.87. The van der Waals surface area contributed by atoms with E-state index in [1.54, 1.807) is 0 Å². The number of aromatic carboxylic acids is 2. The van der Waals surface area contributed by atoms with Gasteiger partial charge in [-0.15, -0.1) is 0 Å². The van der Waals surface area contributed by atoms with Gasteiger partial charge in [0.15, 0.2) is 0 Å². The molecule has 100 valence electrons. The summed E-state index contributed by atoms with van der Waals surface area (Å²) >= 11 is 0. The summed E-state index contributed by atoms with van der Waals surface area (Å²) in [7, 11) is 0. The molecule has 3 N–H and O–H groups in total. The van der Waals surface area contributed by atoms with Crippen LogP contribution in [0.5, 0.6) is 0 Å². The fourth-order valence-electron chi connectivity index (χ4n) is 0.943. The third-order valence-electron chi connectivity index (χ3n) is 1.91. The van der Waals surface area contributed by atoms with Crippen LogP contribution in [-0.2, 0) is 4.79 Å². The van der Waals surface area contributed by atoms with Gasteiger partial charge in [-0.1, -0.05) is 31.4 Å². The number of carbonyl (C=O) groups is 3. The van der Waals surface area contributed by atoms with E-state index in [-0.39, 0.29) is 16.7 Å². The lowest BCUT2D eigenvalue weighted by atomic mass is 10.1. The van der Waals surface area contributed by atoms with Gasteiger partial charge in [-0.2, -0.15) is 0 Å². The lowest BCUT2D eigenvalue weighted by molar-refractivity contribution is -0.132. The monoisotopic (exact) mass is 264 g/mol. The molecule has 0 heterocycles. The Bertz CT molecular complexity index is 497. The van der Waals surface area contributed by atoms with Crippen LogP contribution in [0.15, 0.2) is 49.1 Å². The second kappa shape index (κ2) is 7.44. The molecule has 0 saturated carbocycles. The highest BCUT2D eigenvalue weighted by atomic mass is 16.4. The molecule has 1 aromatic carbocycles. The zero-order valence-corrected chi connectivity index (χ0v) is 9.87. The van der Waals surface area contributed by atoms with Crippen molar-refractivity contribution in [3.8, 4) is 0 Å². The van der Waals surface area contributed by atoms with Crippen molar-refractivity contribution in [2.45, 2.75) is 0 Å². The highest BCUT2D eigenvalue weighted by molar-refractivity contribution is 6.01. The SMILES string of the molecule is C=CC(=C)C(=O)O.O=C(O)c1ccccc1C(=O)O. The topological polar surface area (TPSA) is 112 Å². The van der Waals surface area contributed by atoms with E-state index in [4.69, 9.17) is 15.3 Å². The molecule has 0 amide bonds. The van der Waals surface area contributed by atoms with Crippen molar-refractivity contribution in [1.82, 2.24) is 0 Å². The Labute approximate surface area is 108 Å². The molecule has 0 atom stereocenters. The smallest absolute Gasteiger partial charge is 0.336 e. The van der Waals surface area contributed by atoms with Gasteiger partial charge in [0.05, 0.1) is 16.7 Å². The minimum absolute atomic E-state index is 0.0278. The molecule has 0 aromatic heterocycles. The minimum Gasteiger partial charge on any atom is -0.478 e. The van der Waals surface area contributed by atoms with Gasteiger partial charge in [-0.25, -0.2) is 14.4 Å². The largest absolute Gasteiger partial charge is 0.478 e. The summed E-state index contributed by atoms with van der Waals surface area (Å²) in [6.45, 7) is 6.36. The van der Waals surface area contributed by atoms with Crippen LogP contribution in [0.3, 0.4) is 0 Å². The summed E-state index contributed by atoms with van der Waals surface area (Å²) in [5.74, 6) is -3.48. The second-order valence-electron chi connectivity index (χ2n) is 3.19. The molecule has 0 aliphatic rings. The molecule has 6 nitrogen and oxygen atoms in total. The average molecular weight is 264 g/mol. The number of benzene rings is 1. The molecule has 1 aromatic rings. The van der Waals surface area contributed by atoms with Crippen LogP contribution < -0.4 is 0 Å². The van der Waals surface area contributed by atoms with E-state index in [9.17, 15) is 14.4 Å². The first-order valence-corrected chi connectivity index (χ1v) is 4.91. The Balaban J connectivity index is 0.000000399. The maximum absolute atomic E-state index is 10.5. The molecule has 0 unspecified atom stereocenters. The van der Waals surface area contributed by atoms with Crippen molar-refractivity contribution in [3.63, 3.8) is 0 Å². The fraction of sp³-hybridized carbons (Fsp3) is 0. The predicted molar refractivity (Wildman–Crippen MR) is 67.3 cm³/mol. The molecular weight excluding hydrogens is 252 g/mol. The van der Waals surface area contributed by atoms with Crippen LogP contribution in [0.4, 0.5) is 0 Å². The van der Waals surface area contributed by atoms with Crippen molar-refractivity contribution >= 4 is 17.9 Å². The molecule has 0 fully saturated rings. The number of carboxylic acids is 3. The molecule has 0 spiro atoms. The molecular formula is C13H12O6. The van der Waals surface area contributed by atoms with E-state index in [0.29, 0.717) is 0 Å². The van der Waals surface area contributed by atoms with Crippen molar-refractivity contribution < 1.29 is 29.7 Å². The Kier molecular flexibility index (Phi) is 6.31. The summed E-state index contributed by atoms with van der Waals surface area (Å²) in [5, 5.41) is 25.1. The summed E-state index contributed by atoms with van der Waals surface area (Å²) in [6, 6.07) is 5.48. The third kappa shape index (κ3) is 5.31. The molecule has 19 heavy (non-hydrogen) atoms. The molecule has 1 rings (SSSR count). The Hall–Kier alpha value is -2.89. The highest BCUT2D eigenvalue weighted by Crippen LogP contribution is 2.07. The van der Waals surface area contributed by atoms with Gasteiger partial charge in [0.1, 0.15) is 0 Å². The highest BCUT2D eigenvalue weighted by Gasteiger charge is 2.13. The van der Waals surface area contributed by atoms with Crippen molar-refractivity contribution in [2.75, 3.05) is 0 Å². The van der Waals surface area contributed by atoms with Gasteiger partial charge in [-0.05, 0) is 12.1 Å². The normalized spacial score (nSPS) is 8.63. The van der Waals surface area contributed by atoms with Gasteiger partial charge in [0.25, 0.3) is 0 Å². The first kappa shape index (κ1) is 16.1. The number of hydrogen-bond acceptors (Lipinski definition) is 3. The molecule has 0 radical (unpaired) electrons. The van der Waals surface area contributed by atoms with Crippen LogP contribution in [0, 0.1) is 0 Å². The van der Waals surface area contributed by atoms with Gasteiger partial charge < -0.3 is 15.3 Å². The average Bonchev–Trinajstić information content (AvgIpc) is 2.38. The predicted octanol–water partition coefficient (Wildman–Crippen LogP) is 1.90. The second-order valence-corrected chi connectivity index (χ2v) is 3.19. The summed E-state index contributed by atoms with van der Waals surface area (Å²) < 4.78 is 0.